The lowest BCUT2D eigenvalue weighted by atomic mass is 10.2. The SMILES string of the molecule is O=C(c1cccc(I)c1)N(Cc1ccco1)C1CC1. The Morgan fingerprint density at radius 2 is 2.16 bits per heavy atom. The van der Waals surface area contributed by atoms with Gasteiger partial charge in [-0.25, -0.2) is 0 Å². The number of rotatable bonds is 4. The monoisotopic (exact) mass is 367 g/mol. The number of nitrogens with zero attached hydrogens (tertiary/aromatic N) is 1. The zero-order valence-electron chi connectivity index (χ0n) is 10.4. The van der Waals surface area contributed by atoms with E-state index >= 15 is 0 Å². The predicted molar refractivity (Wildman–Crippen MR) is 80.8 cm³/mol. The molecular weight excluding hydrogens is 353 g/mol. The van der Waals surface area contributed by atoms with Crippen molar-refractivity contribution in [2.45, 2.75) is 25.4 Å². The first-order chi connectivity index (χ1) is 9.24. The lowest BCUT2D eigenvalue weighted by Gasteiger charge is -2.21. The molecule has 0 saturated heterocycles. The minimum atomic E-state index is 0.0948. The van der Waals surface area contributed by atoms with Crippen molar-refractivity contribution < 1.29 is 9.21 Å². The Hall–Kier alpha value is -1.30. The first kappa shape index (κ1) is 12.7. The summed E-state index contributed by atoms with van der Waals surface area (Å²) in [7, 11) is 0. The van der Waals surface area contributed by atoms with Crippen molar-refractivity contribution >= 4 is 28.5 Å². The maximum atomic E-state index is 12.6. The zero-order chi connectivity index (χ0) is 13.2. The Morgan fingerprint density at radius 3 is 2.79 bits per heavy atom. The molecule has 0 radical (unpaired) electrons. The number of hydrogen-bond acceptors (Lipinski definition) is 2. The van der Waals surface area contributed by atoms with Crippen LogP contribution in [0, 0.1) is 3.57 Å². The Kier molecular flexibility index (Phi) is 3.59. The van der Waals surface area contributed by atoms with Gasteiger partial charge < -0.3 is 9.32 Å². The summed E-state index contributed by atoms with van der Waals surface area (Å²) in [4.78, 5) is 14.5. The van der Waals surface area contributed by atoms with E-state index in [0.717, 1.165) is 27.7 Å². The van der Waals surface area contributed by atoms with Crippen LogP contribution in [0.3, 0.4) is 0 Å². The van der Waals surface area contributed by atoms with Gasteiger partial charge in [0, 0.05) is 15.2 Å². The van der Waals surface area contributed by atoms with Gasteiger partial charge in [0.2, 0.25) is 0 Å². The predicted octanol–water partition coefficient (Wildman–Crippen LogP) is 3.69. The molecule has 0 N–H and O–H groups in total. The van der Waals surface area contributed by atoms with Gasteiger partial charge in [-0.1, -0.05) is 6.07 Å². The number of carbonyl (C=O) groups excluding carboxylic acids is 1. The van der Waals surface area contributed by atoms with E-state index in [1.165, 1.54) is 0 Å². The Morgan fingerprint density at radius 1 is 1.32 bits per heavy atom. The van der Waals surface area contributed by atoms with Gasteiger partial charge in [0.1, 0.15) is 5.76 Å². The van der Waals surface area contributed by atoms with E-state index in [2.05, 4.69) is 22.6 Å². The van der Waals surface area contributed by atoms with Crippen LogP contribution >= 0.6 is 22.6 Å². The van der Waals surface area contributed by atoms with E-state index in [-0.39, 0.29) is 5.91 Å². The second kappa shape index (κ2) is 5.36. The van der Waals surface area contributed by atoms with Gasteiger partial charge in [-0.2, -0.15) is 0 Å². The van der Waals surface area contributed by atoms with Crippen molar-refractivity contribution in [1.29, 1.82) is 0 Å². The van der Waals surface area contributed by atoms with E-state index in [4.69, 9.17) is 4.42 Å². The van der Waals surface area contributed by atoms with Crippen molar-refractivity contribution in [2.75, 3.05) is 0 Å². The molecule has 19 heavy (non-hydrogen) atoms. The minimum Gasteiger partial charge on any atom is -0.467 e. The van der Waals surface area contributed by atoms with E-state index < -0.39 is 0 Å². The van der Waals surface area contributed by atoms with Crippen LogP contribution in [-0.2, 0) is 6.54 Å². The Balaban J connectivity index is 1.82. The van der Waals surface area contributed by atoms with E-state index in [0.29, 0.717) is 12.6 Å². The Bertz CT molecular complexity index is 576. The van der Waals surface area contributed by atoms with Crippen molar-refractivity contribution in [2.24, 2.45) is 0 Å². The summed E-state index contributed by atoms with van der Waals surface area (Å²) in [5.41, 5.74) is 0.755. The molecule has 3 rings (SSSR count). The van der Waals surface area contributed by atoms with Gasteiger partial charge in [0.05, 0.1) is 12.8 Å². The van der Waals surface area contributed by atoms with Crippen LogP contribution in [0.25, 0.3) is 0 Å². The largest absolute Gasteiger partial charge is 0.467 e. The molecular formula is C15H14INO2. The fourth-order valence-corrected chi connectivity index (χ4v) is 2.65. The summed E-state index contributed by atoms with van der Waals surface area (Å²) < 4.78 is 6.44. The third kappa shape index (κ3) is 3.00. The fourth-order valence-electron chi connectivity index (χ4n) is 2.11. The highest BCUT2D eigenvalue weighted by atomic mass is 127. The lowest BCUT2D eigenvalue weighted by molar-refractivity contribution is 0.0717. The topological polar surface area (TPSA) is 33.5 Å². The molecule has 0 unspecified atom stereocenters. The first-order valence-corrected chi connectivity index (χ1v) is 7.41. The smallest absolute Gasteiger partial charge is 0.254 e. The van der Waals surface area contributed by atoms with Crippen LogP contribution < -0.4 is 0 Å². The van der Waals surface area contributed by atoms with Gasteiger partial charge in [0.25, 0.3) is 5.91 Å². The molecule has 1 aromatic carbocycles. The summed E-state index contributed by atoms with van der Waals surface area (Å²) in [6.07, 6.45) is 3.84. The third-order valence-corrected chi connectivity index (χ3v) is 3.90. The summed E-state index contributed by atoms with van der Waals surface area (Å²) in [5.74, 6) is 0.934. The Labute approximate surface area is 125 Å². The molecule has 1 heterocycles. The van der Waals surface area contributed by atoms with E-state index in [1.807, 2.05) is 41.3 Å². The number of furan rings is 1. The molecule has 1 fully saturated rings. The minimum absolute atomic E-state index is 0.0948. The van der Waals surface area contributed by atoms with Crippen LogP contribution in [-0.4, -0.2) is 16.8 Å². The molecule has 0 aliphatic heterocycles. The van der Waals surface area contributed by atoms with Crippen molar-refractivity contribution in [3.05, 3.63) is 57.6 Å². The number of hydrogen-bond donors (Lipinski definition) is 0. The number of benzene rings is 1. The summed E-state index contributed by atoms with van der Waals surface area (Å²) in [6, 6.07) is 11.9. The van der Waals surface area contributed by atoms with Gasteiger partial charge in [-0.3, -0.25) is 4.79 Å². The number of halogens is 1. The second-order valence-corrected chi connectivity index (χ2v) is 6.00. The highest BCUT2D eigenvalue weighted by molar-refractivity contribution is 14.1. The van der Waals surface area contributed by atoms with Crippen LogP contribution in [0.4, 0.5) is 0 Å². The van der Waals surface area contributed by atoms with Crippen LogP contribution in [0.1, 0.15) is 29.0 Å². The molecule has 0 bridgehead atoms. The van der Waals surface area contributed by atoms with Crippen LogP contribution in [0.15, 0.2) is 47.1 Å². The average Bonchev–Trinajstić information content (AvgIpc) is 3.12. The van der Waals surface area contributed by atoms with Crippen LogP contribution in [0.5, 0.6) is 0 Å². The first-order valence-electron chi connectivity index (χ1n) is 6.33. The molecule has 0 spiro atoms. The van der Waals surface area contributed by atoms with Gasteiger partial charge in [0.15, 0.2) is 0 Å². The molecule has 1 aliphatic carbocycles. The van der Waals surface area contributed by atoms with Gasteiger partial charge in [-0.05, 0) is 65.8 Å². The number of carbonyl (C=O) groups is 1. The quantitative estimate of drug-likeness (QED) is 0.773. The van der Waals surface area contributed by atoms with Gasteiger partial charge in [-0.15, -0.1) is 0 Å². The van der Waals surface area contributed by atoms with Crippen LogP contribution in [0.2, 0.25) is 0 Å². The van der Waals surface area contributed by atoms with Crippen molar-refractivity contribution in [3.63, 3.8) is 0 Å². The summed E-state index contributed by atoms with van der Waals surface area (Å²) in [5, 5.41) is 0. The molecule has 3 nitrogen and oxygen atoms in total. The third-order valence-electron chi connectivity index (χ3n) is 3.23. The highest BCUT2D eigenvalue weighted by Crippen LogP contribution is 2.30. The summed E-state index contributed by atoms with van der Waals surface area (Å²) in [6.45, 7) is 0.558. The van der Waals surface area contributed by atoms with E-state index in [1.54, 1.807) is 6.26 Å². The molecule has 1 saturated carbocycles. The second-order valence-electron chi connectivity index (χ2n) is 4.75. The average molecular weight is 367 g/mol. The maximum absolute atomic E-state index is 12.6. The maximum Gasteiger partial charge on any atom is 0.254 e. The van der Waals surface area contributed by atoms with Crippen molar-refractivity contribution in [3.8, 4) is 0 Å². The summed E-state index contributed by atoms with van der Waals surface area (Å²) >= 11 is 2.23. The highest BCUT2D eigenvalue weighted by Gasteiger charge is 2.33. The van der Waals surface area contributed by atoms with Gasteiger partial charge >= 0.3 is 0 Å². The number of amides is 1. The molecule has 1 aliphatic rings. The fraction of sp³-hybridized carbons (Fsp3) is 0.267. The molecule has 1 amide bonds. The normalized spacial score (nSPS) is 14.4. The molecule has 4 heteroatoms. The molecule has 98 valence electrons. The lowest BCUT2D eigenvalue weighted by Crippen LogP contribution is -2.32. The molecule has 0 atom stereocenters. The zero-order valence-corrected chi connectivity index (χ0v) is 12.5. The standard InChI is InChI=1S/C15H14INO2/c16-12-4-1-3-11(9-12)15(18)17(13-6-7-13)10-14-5-2-8-19-14/h1-5,8-9,13H,6-7,10H2. The molecule has 2 aromatic rings. The van der Waals surface area contributed by atoms with Crippen molar-refractivity contribution in [1.82, 2.24) is 4.90 Å². The molecule has 1 aromatic heterocycles. The van der Waals surface area contributed by atoms with E-state index in [9.17, 15) is 4.79 Å².